The first kappa shape index (κ1) is 12.8. The molecular formula is C15H21N3. The Kier molecular flexibility index (Phi) is 4.15. The van der Waals surface area contributed by atoms with Gasteiger partial charge in [0.05, 0.1) is 5.69 Å². The third kappa shape index (κ3) is 2.99. The molecule has 3 nitrogen and oxygen atoms in total. The molecule has 1 aromatic carbocycles. The van der Waals surface area contributed by atoms with Crippen molar-refractivity contribution < 1.29 is 0 Å². The minimum absolute atomic E-state index is 0.360. The van der Waals surface area contributed by atoms with Crippen LogP contribution in [0, 0.1) is 6.92 Å². The van der Waals surface area contributed by atoms with Crippen molar-refractivity contribution in [2.45, 2.75) is 25.8 Å². The molecule has 0 spiro atoms. The zero-order valence-electron chi connectivity index (χ0n) is 11.4. The summed E-state index contributed by atoms with van der Waals surface area (Å²) >= 11 is 0. The first-order valence-electron chi connectivity index (χ1n) is 6.41. The minimum atomic E-state index is 0.360. The normalized spacial score (nSPS) is 12.6. The third-order valence-electron chi connectivity index (χ3n) is 3.41. The van der Waals surface area contributed by atoms with Gasteiger partial charge >= 0.3 is 0 Å². The van der Waals surface area contributed by atoms with Crippen LogP contribution in [0.2, 0.25) is 0 Å². The molecule has 0 radical (unpaired) electrons. The Hall–Kier alpha value is -1.61. The average molecular weight is 243 g/mol. The van der Waals surface area contributed by atoms with Crippen LogP contribution in [0.25, 0.3) is 0 Å². The van der Waals surface area contributed by atoms with Crippen LogP contribution < -0.4 is 5.32 Å². The fourth-order valence-corrected chi connectivity index (χ4v) is 2.23. The van der Waals surface area contributed by atoms with Crippen molar-refractivity contribution in [1.29, 1.82) is 0 Å². The Labute approximate surface area is 109 Å². The zero-order chi connectivity index (χ0) is 13.0. The smallest absolute Gasteiger partial charge is 0.0550 e. The van der Waals surface area contributed by atoms with Crippen LogP contribution in [0.5, 0.6) is 0 Å². The largest absolute Gasteiger partial charge is 0.312 e. The summed E-state index contributed by atoms with van der Waals surface area (Å²) in [7, 11) is 4.00. The number of rotatable bonds is 5. The molecule has 0 aliphatic carbocycles. The van der Waals surface area contributed by atoms with Gasteiger partial charge in [-0.25, -0.2) is 0 Å². The Bertz CT molecular complexity index is 485. The maximum atomic E-state index is 4.23. The highest BCUT2D eigenvalue weighted by atomic mass is 15.3. The van der Waals surface area contributed by atoms with Gasteiger partial charge in [0.25, 0.3) is 0 Å². The van der Waals surface area contributed by atoms with Crippen molar-refractivity contribution in [1.82, 2.24) is 15.1 Å². The van der Waals surface area contributed by atoms with E-state index in [1.165, 1.54) is 16.8 Å². The summed E-state index contributed by atoms with van der Waals surface area (Å²) in [6, 6.07) is 11.2. The van der Waals surface area contributed by atoms with Crippen molar-refractivity contribution >= 4 is 0 Å². The lowest BCUT2D eigenvalue weighted by atomic mass is 10.0. The predicted octanol–water partition coefficient (Wildman–Crippen LogP) is 2.62. The molecule has 1 atom stereocenters. The Morgan fingerprint density at radius 1 is 1.22 bits per heavy atom. The molecule has 0 amide bonds. The van der Waals surface area contributed by atoms with Gasteiger partial charge in [-0.3, -0.25) is 4.68 Å². The molecule has 18 heavy (non-hydrogen) atoms. The number of benzene rings is 1. The predicted molar refractivity (Wildman–Crippen MR) is 74.5 cm³/mol. The van der Waals surface area contributed by atoms with Crippen LogP contribution >= 0.6 is 0 Å². The van der Waals surface area contributed by atoms with Gasteiger partial charge in [-0.1, -0.05) is 29.8 Å². The van der Waals surface area contributed by atoms with E-state index in [-0.39, 0.29) is 0 Å². The Morgan fingerprint density at radius 3 is 2.50 bits per heavy atom. The van der Waals surface area contributed by atoms with E-state index < -0.39 is 0 Å². The molecule has 0 saturated carbocycles. The van der Waals surface area contributed by atoms with E-state index in [0.29, 0.717) is 6.04 Å². The number of aromatic nitrogens is 2. The van der Waals surface area contributed by atoms with E-state index in [0.717, 1.165) is 12.8 Å². The fourth-order valence-electron chi connectivity index (χ4n) is 2.23. The Balaban J connectivity index is 2.00. The molecule has 0 aliphatic heterocycles. The average Bonchev–Trinajstić information content (AvgIpc) is 2.79. The van der Waals surface area contributed by atoms with Crippen LogP contribution in [0.3, 0.4) is 0 Å². The quantitative estimate of drug-likeness (QED) is 0.875. The lowest BCUT2D eigenvalue weighted by Gasteiger charge is -2.16. The number of nitrogens with zero attached hydrogens (tertiary/aromatic N) is 2. The first-order chi connectivity index (χ1) is 8.70. The highest BCUT2D eigenvalue weighted by molar-refractivity contribution is 5.21. The van der Waals surface area contributed by atoms with Crippen LogP contribution in [0.15, 0.2) is 36.5 Å². The summed E-state index contributed by atoms with van der Waals surface area (Å²) in [5, 5.41) is 7.59. The van der Waals surface area contributed by atoms with Gasteiger partial charge in [0.15, 0.2) is 0 Å². The summed E-state index contributed by atoms with van der Waals surface area (Å²) in [5.41, 5.74) is 3.95. The van der Waals surface area contributed by atoms with E-state index in [4.69, 9.17) is 0 Å². The SMILES string of the molecule is CNC(CCc1ccc(C)cc1)c1ccnn1C. The van der Waals surface area contributed by atoms with Gasteiger partial charge in [0, 0.05) is 19.3 Å². The zero-order valence-corrected chi connectivity index (χ0v) is 11.4. The van der Waals surface area contributed by atoms with Crippen molar-refractivity contribution in [3.8, 4) is 0 Å². The summed E-state index contributed by atoms with van der Waals surface area (Å²) in [6.45, 7) is 2.12. The summed E-state index contributed by atoms with van der Waals surface area (Å²) in [5.74, 6) is 0. The van der Waals surface area contributed by atoms with Gasteiger partial charge in [-0.2, -0.15) is 5.10 Å². The molecule has 1 heterocycles. The fraction of sp³-hybridized carbons (Fsp3) is 0.400. The first-order valence-corrected chi connectivity index (χ1v) is 6.41. The lowest BCUT2D eigenvalue weighted by Crippen LogP contribution is -2.20. The molecule has 0 fully saturated rings. The van der Waals surface area contributed by atoms with Gasteiger partial charge in [0.1, 0.15) is 0 Å². The summed E-state index contributed by atoms with van der Waals surface area (Å²) in [6.07, 6.45) is 4.02. The van der Waals surface area contributed by atoms with Crippen molar-refractivity contribution in [3.63, 3.8) is 0 Å². The van der Waals surface area contributed by atoms with E-state index in [1.807, 2.05) is 25.0 Å². The second-order valence-corrected chi connectivity index (χ2v) is 4.75. The lowest BCUT2D eigenvalue weighted by molar-refractivity contribution is 0.506. The highest BCUT2D eigenvalue weighted by Crippen LogP contribution is 2.18. The molecule has 1 unspecified atom stereocenters. The number of hydrogen-bond donors (Lipinski definition) is 1. The van der Waals surface area contributed by atoms with E-state index in [9.17, 15) is 0 Å². The third-order valence-corrected chi connectivity index (χ3v) is 3.41. The Morgan fingerprint density at radius 2 is 1.94 bits per heavy atom. The van der Waals surface area contributed by atoms with Gasteiger partial charge < -0.3 is 5.32 Å². The topological polar surface area (TPSA) is 29.9 Å². The molecule has 0 aliphatic rings. The number of hydrogen-bond acceptors (Lipinski definition) is 2. The van der Waals surface area contributed by atoms with E-state index >= 15 is 0 Å². The van der Waals surface area contributed by atoms with Gasteiger partial charge in [0.2, 0.25) is 0 Å². The molecule has 1 aromatic heterocycles. The van der Waals surface area contributed by atoms with Crippen LogP contribution in [0.1, 0.15) is 29.3 Å². The van der Waals surface area contributed by atoms with Crippen molar-refractivity contribution in [2.24, 2.45) is 7.05 Å². The molecule has 3 heteroatoms. The second kappa shape index (κ2) is 5.83. The highest BCUT2D eigenvalue weighted by Gasteiger charge is 2.12. The molecule has 0 saturated heterocycles. The van der Waals surface area contributed by atoms with Crippen LogP contribution in [-0.4, -0.2) is 16.8 Å². The molecule has 1 N–H and O–H groups in total. The molecule has 2 rings (SSSR count). The minimum Gasteiger partial charge on any atom is -0.312 e. The van der Waals surface area contributed by atoms with Crippen molar-refractivity contribution in [3.05, 3.63) is 53.3 Å². The van der Waals surface area contributed by atoms with Crippen LogP contribution in [-0.2, 0) is 13.5 Å². The van der Waals surface area contributed by atoms with E-state index in [2.05, 4.69) is 47.7 Å². The van der Waals surface area contributed by atoms with Crippen LogP contribution in [0.4, 0.5) is 0 Å². The maximum absolute atomic E-state index is 4.23. The monoisotopic (exact) mass is 243 g/mol. The molecule has 96 valence electrons. The maximum Gasteiger partial charge on any atom is 0.0550 e. The van der Waals surface area contributed by atoms with Gasteiger partial charge in [-0.05, 0) is 38.4 Å². The number of aryl methyl sites for hydroxylation is 3. The molecular weight excluding hydrogens is 222 g/mol. The van der Waals surface area contributed by atoms with Crippen molar-refractivity contribution in [2.75, 3.05) is 7.05 Å². The number of nitrogens with one attached hydrogen (secondary N) is 1. The molecule has 2 aromatic rings. The van der Waals surface area contributed by atoms with E-state index in [1.54, 1.807) is 0 Å². The summed E-state index contributed by atoms with van der Waals surface area (Å²) < 4.78 is 1.94. The molecule has 0 bridgehead atoms. The standard InChI is InChI=1S/C15H21N3/c1-12-4-6-13(7-5-12)8-9-14(16-2)15-10-11-17-18(15)3/h4-7,10-11,14,16H,8-9H2,1-3H3. The summed E-state index contributed by atoms with van der Waals surface area (Å²) in [4.78, 5) is 0. The van der Waals surface area contributed by atoms with Gasteiger partial charge in [-0.15, -0.1) is 0 Å². The second-order valence-electron chi connectivity index (χ2n) is 4.75.